The molecule has 0 unspecified atom stereocenters. The third-order valence-corrected chi connectivity index (χ3v) is 3.70. The molecule has 6 heteroatoms. The highest BCUT2D eigenvalue weighted by Crippen LogP contribution is 2.17. The normalized spacial score (nSPS) is 10.3. The predicted molar refractivity (Wildman–Crippen MR) is 99.5 cm³/mol. The summed E-state index contributed by atoms with van der Waals surface area (Å²) in [4.78, 5) is 24.9. The molecule has 138 valence electrons. The van der Waals surface area contributed by atoms with Crippen molar-refractivity contribution in [2.45, 2.75) is 13.8 Å². The van der Waals surface area contributed by atoms with E-state index in [2.05, 4.69) is 6.07 Å². The number of carbonyl (C=O) groups is 2. The molecule has 2 aromatic rings. The number of nitrogens with zero attached hydrogens (tertiary/aromatic N) is 1. The average Bonchev–Trinajstić information content (AvgIpc) is 2.58. The van der Waals surface area contributed by atoms with E-state index in [0.717, 1.165) is 16.9 Å². The number of nitrogens with two attached hydrogens (primary N) is 1. The van der Waals surface area contributed by atoms with Crippen molar-refractivity contribution in [1.29, 1.82) is 0 Å². The first-order valence-electron chi connectivity index (χ1n) is 8.33. The molecule has 0 radical (unpaired) electrons. The second-order valence-corrected chi connectivity index (χ2v) is 6.18. The molecule has 2 aromatic carbocycles. The predicted octanol–water partition coefficient (Wildman–Crippen LogP) is 2.32. The average molecular weight is 356 g/mol. The van der Waals surface area contributed by atoms with Gasteiger partial charge in [0.15, 0.2) is 6.61 Å². The van der Waals surface area contributed by atoms with Crippen LogP contribution in [0.4, 0.5) is 0 Å². The topological polar surface area (TPSA) is 81.9 Å². The minimum absolute atomic E-state index is 0.154. The number of hydrogen-bond acceptors (Lipinski definition) is 4. The largest absolute Gasteiger partial charge is 0.492 e. The van der Waals surface area contributed by atoms with Gasteiger partial charge in [0.2, 0.25) is 0 Å². The lowest BCUT2D eigenvalue weighted by atomic mass is 10.1. The van der Waals surface area contributed by atoms with Gasteiger partial charge in [0.05, 0.1) is 6.54 Å². The lowest BCUT2D eigenvalue weighted by Gasteiger charge is -2.18. The fourth-order valence-corrected chi connectivity index (χ4v) is 2.51. The van der Waals surface area contributed by atoms with Gasteiger partial charge in [-0.25, -0.2) is 0 Å². The maximum absolute atomic E-state index is 12.5. The standard InChI is InChI=1S/C20H24N2O4/c1-14-9-15(2)11-18(10-14)25-8-7-22(3)20(24)16-5-4-6-17(12-16)26-13-19(21)23/h4-6,9-12H,7-8,13H2,1-3H3,(H2,21,23). The fraction of sp³-hybridized carbons (Fsp3) is 0.300. The molecule has 2 rings (SSSR count). The third kappa shape index (κ3) is 5.81. The van der Waals surface area contributed by atoms with Crippen LogP contribution in [0.3, 0.4) is 0 Å². The molecular formula is C20H24N2O4. The molecule has 0 heterocycles. The molecule has 2 amide bonds. The summed E-state index contributed by atoms with van der Waals surface area (Å²) in [6, 6.07) is 12.7. The smallest absolute Gasteiger partial charge is 0.255 e. The second-order valence-electron chi connectivity index (χ2n) is 6.18. The number of hydrogen-bond donors (Lipinski definition) is 1. The molecule has 26 heavy (non-hydrogen) atoms. The molecule has 0 bridgehead atoms. The van der Waals surface area contributed by atoms with Crippen LogP contribution in [-0.2, 0) is 4.79 Å². The Kier molecular flexibility index (Phi) is 6.60. The van der Waals surface area contributed by atoms with Crippen molar-refractivity contribution in [2.24, 2.45) is 5.73 Å². The molecule has 0 saturated carbocycles. The maximum atomic E-state index is 12.5. The van der Waals surface area contributed by atoms with E-state index in [9.17, 15) is 9.59 Å². The first-order valence-corrected chi connectivity index (χ1v) is 8.33. The lowest BCUT2D eigenvalue weighted by molar-refractivity contribution is -0.119. The Morgan fingerprint density at radius 3 is 2.35 bits per heavy atom. The van der Waals surface area contributed by atoms with Crippen LogP contribution in [0, 0.1) is 13.8 Å². The van der Waals surface area contributed by atoms with Crippen LogP contribution in [0.5, 0.6) is 11.5 Å². The molecule has 0 aliphatic heterocycles. The third-order valence-electron chi connectivity index (χ3n) is 3.70. The van der Waals surface area contributed by atoms with Crippen LogP contribution in [-0.4, -0.2) is 43.5 Å². The highest BCUT2D eigenvalue weighted by atomic mass is 16.5. The maximum Gasteiger partial charge on any atom is 0.255 e. The highest BCUT2D eigenvalue weighted by molar-refractivity contribution is 5.94. The Bertz CT molecular complexity index is 769. The van der Waals surface area contributed by atoms with Gasteiger partial charge in [0, 0.05) is 12.6 Å². The van der Waals surface area contributed by atoms with Crippen molar-refractivity contribution in [1.82, 2.24) is 4.90 Å². The van der Waals surface area contributed by atoms with Crippen molar-refractivity contribution in [3.05, 3.63) is 59.2 Å². The van der Waals surface area contributed by atoms with Crippen LogP contribution in [0.1, 0.15) is 21.5 Å². The van der Waals surface area contributed by atoms with Gasteiger partial charge in [-0.2, -0.15) is 0 Å². The van der Waals surface area contributed by atoms with Gasteiger partial charge in [0.25, 0.3) is 11.8 Å². The summed E-state index contributed by atoms with van der Waals surface area (Å²) >= 11 is 0. The molecule has 0 fully saturated rings. The molecule has 0 aliphatic rings. The molecular weight excluding hydrogens is 332 g/mol. The van der Waals surface area contributed by atoms with E-state index < -0.39 is 5.91 Å². The summed E-state index contributed by atoms with van der Waals surface area (Å²) in [5, 5.41) is 0. The number of benzene rings is 2. The van der Waals surface area contributed by atoms with Crippen molar-refractivity contribution in [3.8, 4) is 11.5 Å². The number of carbonyl (C=O) groups excluding carboxylic acids is 2. The number of likely N-dealkylation sites (N-methyl/N-ethyl adjacent to an activating group) is 1. The van der Waals surface area contributed by atoms with Gasteiger partial charge < -0.3 is 20.1 Å². The fourth-order valence-electron chi connectivity index (χ4n) is 2.51. The summed E-state index contributed by atoms with van der Waals surface area (Å²) in [5.41, 5.74) is 7.80. The highest BCUT2D eigenvalue weighted by Gasteiger charge is 2.13. The van der Waals surface area contributed by atoms with Gasteiger partial charge in [-0.3, -0.25) is 9.59 Å². The van der Waals surface area contributed by atoms with Gasteiger partial charge in [-0.1, -0.05) is 12.1 Å². The number of rotatable bonds is 8. The van der Waals surface area contributed by atoms with Gasteiger partial charge in [-0.15, -0.1) is 0 Å². The molecule has 2 N–H and O–H groups in total. The van der Waals surface area contributed by atoms with Crippen LogP contribution in [0.15, 0.2) is 42.5 Å². The van der Waals surface area contributed by atoms with Crippen molar-refractivity contribution in [3.63, 3.8) is 0 Å². The number of primary amides is 1. The van der Waals surface area contributed by atoms with Gasteiger partial charge >= 0.3 is 0 Å². The zero-order valence-electron chi connectivity index (χ0n) is 15.3. The van der Waals surface area contributed by atoms with E-state index in [0.29, 0.717) is 24.5 Å². The van der Waals surface area contributed by atoms with Crippen molar-refractivity contribution < 1.29 is 19.1 Å². The molecule has 6 nitrogen and oxygen atoms in total. The molecule has 0 atom stereocenters. The number of amides is 2. The van der Waals surface area contributed by atoms with E-state index >= 15 is 0 Å². The van der Waals surface area contributed by atoms with Crippen molar-refractivity contribution >= 4 is 11.8 Å². The zero-order valence-corrected chi connectivity index (χ0v) is 15.3. The Morgan fingerprint density at radius 2 is 1.69 bits per heavy atom. The Morgan fingerprint density at radius 1 is 1.00 bits per heavy atom. The lowest BCUT2D eigenvalue weighted by Crippen LogP contribution is -2.30. The van der Waals surface area contributed by atoms with Crippen molar-refractivity contribution in [2.75, 3.05) is 26.8 Å². The SMILES string of the molecule is Cc1cc(C)cc(OCCN(C)C(=O)c2cccc(OCC(N)=O)c2)c1. The summed E-state index contributed by atoms with van der Waals surface area (Å²) in [6.45, 7) is 4.64. The Labute approximate surface area is 153 Å². The van der Waals surface area contributed by atoms with Crippen LogP contribution in [0.25, 0.3) is 0 Å². The number of aryl methyl sites for hydroxylation is 2. The summed E-state index contributed by atoms with van der Waals surface area (Å²) in [7, 11) is 1.71. The molecule has 0 saturated heterocycles. The summed E-state index contributed by atoms with van der Waals surface area (Å²) in [6.07, 6.45) is 0. The van der Waals surface area contributed by atoms with E-state index in [1.165, 1.54) is 0 Å². The molecule has 0 spiro atoms. The summed E-state index contributed by atoms with van der Waals surface area (Å²) in [5.74, 6) is 0.501. The first kappa shape index (κ1) is 19.3. The van der Waals surface area contributed by atoms with E-state index in [1.54, 1.807) is 36.2 Å². The van der Waals surface area contributed by atoms with E-state index in [-0.39, 0.29) is 12.5 Å². The van der Waals surface area contributed by atoms with E-state index in [4.69, 9.17) is 15.2 Å². The Hall–Kier alpha value is -3.02. The van der Waals surface area contributed by atoms with E-state index in [1.807, 2.05) is 26.0 Å². The second kappa shape index (κ2) is 8.89. The van der Waals surface area contributed by atoms with Gasteiger partial charge in [0.1, 0.15) is 18.1 Å². The minimum Gasteiger partial charge on any atom is -0.492 e. The Balaban J connectivity index is 1.90. The monoisotopic (exact) mass is 356 g/mol. The zero-order chi connectivity index (χ0) is 19.1. The molecule has 0 aliphatic carbocycles. The van der Waals surface area contributed by atoms with Crippen LogP contribution >= 0.6 is 0 Å². The number of ether oxygens (including phenoxy) is 2. The molecule has 0 aromatic heterocycles. The quantitative estimate of drug-likeness (QED) is 0.787. The first-order chi connectivity index (χ1) is 12.3. The van der Waals surface area contributed by atoms with Gasteiger partial charge in [-0.05, 0) is 55.3 Å². The van der Waals surface area contributed by atoms with Crippen LogP contribution < -0.4 is 15.2 Å². The summed E-state index contributed by atoms with van der Waals surface area (Å²) < 4.78 is 11.0. The van der Waals surface area contributed by atoms with Crippen LogP contribution in [0.2, 0.25) is 0 Å². The minimum atomic E-state index is -0.567.